The van der Waals surface area contributed by atoms with E-state index in [0.29, 0.717) is 11.1 Å². The first-order chi connectivity index (χ1) is 52.5. The molecular weight excluding hydrogens is 1280 g/mol. The highest BCUT2D eigenvalue weighted by atomic mass is 15.0. The predicted octanol–water partition coefficient (Wildman–Crippen LogP) is 26.8. The second kappa shape index (κ2) is 24.1. The van der Waals surface area contributed by atoms with Crippen LogP contribution < -0.4 is 0 Å². The molecule has 0 unspecified atom stereocenters. The van der Waals surface area contributed by atoms with E-state index in [2.05, 4.69) is 342 Å². The Hall–Kier alpha value is -14.5. The molecule has 0 aliphatic carbocycles. The molecule has 0 N–H and O–H groups in total. The van der Waals surface area contributed by atoms with Crippen molar-refractivity contribution in [1.29, 1.82) is 10.5 Å². The maximum Gasteiger partial charge on any atom is 0.0998 e. The van der Waals surface area contributed by atoms with E-state index in [-0.39, 0.29) is 0 Å². The molecule has 22 aromatic rings. The largest absolute Gasteiger partial charge is 0.309 e. The number of benzene rings is 19. The van der Waals surface area contributed by atoms with Crippen LogP contribution in [0.25, 0.3) is 208 Å². The monoisotopic (exact) mass is 1340 g/mol. The molecular formula is C101H59N5. The maximum atomic E-state index is 10.0. The highest BCUT2D eigenvalue weighted by Crippen LogP contribution is 2.49. The van der Waals surface area contributed by atoms with Crippen LogP contribution in [0, 0.1) is 22.7 Å². The van der Waals surface area contributed by atoms with Gasteiger partial charge in [0, 0.05) is 61.6 Å². The lowest BCUT2D eigenvalue weighted by Gasteiger charge is -2.16. The first-order valence-corrected chi connectivity index (χ1v) is 36.0. The molecule has 488 valence electrons. The maximum absolute atomic E-state index is 10.0. The molecule has 0 spiro atoms. The Labute approximate surface area is 610 Å². The molecule has 0 amide bonds. The fourth-order valence-electron chi connectivity index (χ4n) is 17.6. The van der Waals surface area contributed by atoms with Gasteiger partial charge in [-0.25, -0.2) is 0 Å². The van der Waals surface area contributed by atoms with Crippen LogP contribution in [0.2, 0.25) is 0 Å². The van der Waals surface area contributed by atoms with E-state index < -0.39 is 0 Å². The molecule has 0 fully saturated rings. The standard InChI is InChI=1S/C51H30N2.C50H29N3/c52-31-35-23-27-48-50-38(35)24-25-43-37(26-28-49(51(43)50)53(48)36-13-5-2-6-14-36)33-19-21-34(22-20-33)45-30-47-41-17-9-7-15-39(41)44(32-11-3-1-4-12-32)29-46(47)42-18-10-8-16-40(42)45;51-29-33-20-24-47-49-37(33)21-22-42-36(23-25-48(50(42)49)53(47)35-10-2-1-3-11-35)31-16-18-32(19-17-31)43-27-45-41-15-7-5-13-39(41)44(34-9-8-26-52-30-34)28-46(45)40-14-6-4-12-38(40)43/h1-30H;1-28,30H. The summed E-state index contributed by atoms with van der Waals surface area (Å²) in [5.74, 6) is 0. The molecule has 0 bridgehead atoms. The molecule has 3 heterocycles. The van der Waals surface area contributed by atoms with E-state index in [1.54, 1.807) is 0 Å². The van der Waals surface area contributed by atoms with Gasteiger partial charge in [-0.3, -0.25) is 4.98 Å². The van der Waals surface area contributed by atoms with Gasteiger partial charge in [0.15, 0.2) is 0 Å². The number of nitrogens with zero attached hydrogens (tertiary/aromatic N) is 5. The molecule has 19 aromatic carbocycles. The minimum absolute atomic E-state index is 0.699. The molecule has 22 rings (SSSR count). The van der Waals surface area contributed by atoms with Crippen LogP contribution in [0.1, 0.15) is 11.1 Å². The predicted molar refractivity (Wildman–Crippen MR) is 444 cm³/mol. The number of nitriles is 2. The molecule has 0 saturated heterocycles. The minimum atomic E-state index is 0.699. The van der Waals surface area contributed by atoms with Crippen LogP contribution in [-0.4, -0.2) is 14.1 Å². The second-order valence-electron chi connectivity index (χ2n) is 27.7. The van der Waals surface area contributed by atoms with Crippen LogP contribution in [-0.2, 0) is 0 Å². The average molecular weight is 1340 g/mol. The molecule has 0 radical (unpaired) electrons. The lowest BCUT2D eigenvalue weighted by Crippen LogP contribution is -1.93. The van der Waals surface area contributed by atoms with E-state index in [1.165, 1.54) is 142 Å². The van der Waals surface area contributed by atoms with E-state index in [1.807, 2.05) is 42.7 Å². The molecule has 3 aromatic heterocycles. The Morgan fingerprint density at radius 2 is 0.491 bits per heavy atom. The van der Waals surface area contributed by atoms with Crippen molar-refractivity contribution in [2.75, 3.05) is 0 Å². The number of para-hydroxylation sites is 2. The van der Waals surface area contributed by atoms with Gasteiger partial charge in [0.05, 0.1) is 45.3 Å². The zero-order chi connectivity index (χ0) is 70.1. The average Bonchev–Trinajstić information content (AvgIpc) is 1.45. The SMILES string of the molecule is N#Cc1ccc2c3c1ccc1c(-c4ccc(-c5cc6c7ccccc7c(-c7ccccc7)cc6c6ccccc56)cc4)ccc(c13)n2-c1ccccc1.N#Cc1ccc2c3c1ccc1c(-c4ccc(-c5cc6c7ccccc7c(-c7cccnc7)cc6c6ccccc56)cc4)ccc(c13)n2-c1ccccc1. The van der Waals surface area contributed by atoms with Gasteiger partial charge < -0.3 is 9.13 Å². The molecule has 5 nitrogen and oxygen atoms in total. The van der Waals surface area contributed by atoms with Crippen LogP contribution in [0.3, 0.4) is 0 Å². The van der Waals surface area contributed by atoms with Crippen molar-refractivity contribution in [3.63, 3.8) is 0 Å². The van der Waals surface area contributed by atoms with Gasteiger partial charge in [-0.2, -0.15) is 10.5 Å². The first-order valence-electron chi connectivity index (χ1n) is 36.0. The number of rotatable bonds is 8. The van der Waals surface area contributed by atoms with Gasteiger partial charge in [0.2, 0.25) is 0 Å². The van der Waals surface area contributed by atoms with Gasteiger partial charge in [-0.05, 0) is 228 Å². The van der Waals surface area contributed by atoms with Crippen LogP contribution in [0.15, 0.2) is 358 Å². The molecule has 0 saturated carbocycles. The lowest BCUT2D eigenvalue weighted by molar-refractivity contribution is 1.18. The molecule has 106 heavy (non-hydrogen) atoms. The Balaban J connectivity index is 0.000000136. The Bertz CT molecular complexity index is 6960. The van der Waals surface area contributed by atoms with Gasteiger partial charge >= 0.3 is 0 Å². The Kier molecular flexibility index (Phi) is 13.7. The van der Waals surface area contributed by atoms with Crippen molar-refractivity contribution in [3.05, 3.63) is 369 Å². The van der Waals surface area contributed by atoms with Crippen molar-refractivity contribution >= 4 is 130 Å². The van der Waals surface area contributed by atoms with E-state index >= 15 is 0 Å². The topological polar surface area (TPSA) is 70.3 Å². The number of hydrogen-bond acceptors (Lipinski definition) is 3. The summed E-state index contributed by atoms with van der Waals surface area (Å²) in [5.41, 5.74) is 22.4. The fraction of sp³-hybridized carbons (Fsp3) is 0. The Morgan fingerprint density at radius 1 is 0.208 bits per heavy atom. The normalized spacial score (nSPS) is 11.8. The van der Waals surface area contributed by atoms with E-state index in [9.17, 15) is 10.5 Å². The molecule has 0 aliphatic rings. The van der Waals surface area contributed by atoms with Crippen molar-refractivity contribution < 1.29 is 0 Å². The van der Waals surface area contributed by atoms with Gasteiger partial charge in [-0.1, -0.05) is 255 Å². The van der Waals surface area contributed by atoms with E-state index in [0.717, 1.165) is 66.1 Å². The second-order valence-corrected chi connectivity index (χ2v) is 27.7. The zero-order valence-electron chi connectivity index (χ0n) is 57.3. The zero-order valence-corrected chi connectivity index (χ0v) is 57.3. The summed E-state index contributed by atoms with van der Waals surface area (Å²) in [7, 11) is 0. The van der Waals surface area contributed by atoms with Gasteiger partial charge in [-0.15, -0.1) is 0 Å². The summed E-state index contributed by atoms with van der Waals surface area (Å²) >= 11 is 0. The van der Waals surface area contributed by atoms with Crippen LogP contribution >= 0.6 is 0 Å². The van der Waals surface area contributed by atoms with Crippen molar-refractivity contribution in [2.24, 2.45) is 0 Å². The summed E-state index contributed by atoms with van der Waals surface area (Å²) in [6.45, 7) is 0. The smallest absolute Gasteiger partial charge is 0.0998 e. The van der Waals surface area contributed by atoms with Gasteiger partial charge in [0.1, 0.15) is 0 Å². The number of fused-ring (bicyclic) bond motifs is 10. The molecule has 0 aliphatic heterocycles. The number of pyridine rings is 1. The fourth-order valence-corrected chi connectivity index (χ4v) is 17.6. The quantitative estimate of drug-likeness (QED) is 0.142. The summed E-state index contributed by atoms with van der Waals surface area (Å²) in [6.07, 6.45) is 3.79. The van der Waals surface area contributed by atoms with Crippen molar-refractivity contribution in [2.45, 2.75) is 0 Å². The minimum Gasteiger partial charge on any atom is -0.309 e. The third-order valence-electron chi connectivity index (χ3n) is 22.3. The van der Waals surface area contributed by atoms with Crippen LogP contribution in [0.4, 0.5) is 0 Å². The van der Waals surface area contributed by atoms with Crippen molar-refractivity contribution in [3.8, 4) is 90.3 Å². The van der Waals surface area contributed by atoms with E-state index in [4.69, 9.17) is 0 Å². The lowest BCUT2D eigenvalue weighted by atomic mass is 9.87. The summed E-state index contributed by atoms with van der Waals surface area (Å²) in [5, 5.41) is 44.1. The summed E-state index contributed by atoms with van der Waals surface area (Å²) < 4.78 is 4.66. The summed E-state index contributed by atoms with van der Waals surface area (Å²) in [4.78, 5) is 4.44. The highest BCUT2D eigenvalue weighted by Gasteiger charge is 2.24. The first kappa shape index (κ1) is 60.3. The van der Waals surface area contributed by atoms with Gasteiger partial charge in [0.25, 0.3) is 0 Å². The van der Waals surface area contributed by atoms with Crippen molar-refractivity contribution in [1.82, 2.24) is 14.1 Å². The number of aromatic nitrogens is 3. The third kappa shape index (κ3) is 9.24. The molecule has 0 atom stereocenters. The highest BCUT2D eigenvalue weighted by molar-refractivity contribution is 6.30. The Morgan fingerprint density at radius 3 is 0.840 bits per heavy atom. The third-order valence-corrected chi connectivity index (χ3v) is 22.3. The summed E-state index contributed by atoms with van der Waals surface area (Å²) in [6, 6.07) is 129. The molecule has 5 heteroatoms. The number of hydrogen-bond donors (Lipinski definition) is 0. The van der Waals surface area contributed by atoms with Crippen LogP contribution in [0.5, 0.6) is 0 Å².